The highest BCUT2D eigenvalue weighted by Gasteiger charge is 2.21. The average molecular weight is 498 g/mol. The van der Waals surface area contributed by atoms with Gasteiger partial charge in [-0.15, -0.1) is 0 Å². The number of methoxy groups -OCH3 is 1. The summed E-state index contributed by atoms with van der Waals surface area (Å²) in [6, 6.07) is 7.03. The summed E-state index contributed by atoms with van der Waals surface area (Å²) in [5.74, 6) is 1.09. The van der Waals surface area contributed by atoms with Crippen LogP contribution in [0.3, 0.4) is 0 Å². The van der Waals surface area contributed by atoms with Gasteiger partial charge in [0, 0.05) is 17.2 Å². The Bertz CT molecular complexity index is 1540. The highest BCUT2D eigenvalue weighted by Crippen LogP contribution is 2.40. The molecule has 180 valence electrons. The van der Waals surface area contributed by atoms with Crippen LogP contribution in [-0.2, 0) is 6.42 Å². The number of ether oxygens (including phenoxy) is 2. The molecule has 36 heavy (non-hydrogen) atoms. The Morgan fingerprint density at radius 2 is 2.14 bits per heavy atom. The molecule has 0 unspecified atom stereocenters. The number of nitrogens with one attached hydrogen (secondary N) is 1. The van der Waals surface area contributed by atoms with Crippen LogP contribution < -0.4 is 9.47 Å². The van der Waals surface area contributed by atoms with Crippen molar-refractivity contribution < 1.29 is 14.6 Å². The number of aromatic amines is 1. The van der Waals surface area contributed by atoms with E-state index in [1.807, 2.05) is 19.1 Å². The van der Waals surface area contributed by atoms with Crippen LogP contribution >= 0.6 is 11.8 Å². The fraction of sp³-hybridized carbons (Fsp3) is 0.185. The summed E-state index contributed by atoms with van der Waals surface area (Å²) < 4.78 is 11.3. The summed E-state index contributed by atoms with van der Waals surface area (Å²) in [6.45, 7) is 1.94. The van der Waals surface area contributed by atoms with E-state index in [1.165, 1.54) is 24.4 Å². The van der Waals surface area contributed by atoms with Crippen LogP contribution in [0.5, 0.6) is 23.1 Å². The number of benzene rings is 1. The lowest BCUT2D eigenvalue weighted by atomic mass is 10.1. The molecule has 0 atom stereocenters. The van der Waals surface area contributed by atoms with Crippen molar-refractivity contribution in [3.63, 3.8) is 0 Å². The first-order valence-corrected chi connectivity index (χ1v) is 12.3. The minimum absolute atomic E-state index is 0.0537. The normalized spacial score (nSPS) is 14.8. The van der Waals surface area contributed by atoms with E-state index < -0.39 is 0 Å². The van der Waals surface area contributed by atoms with Crippen LogP contribution in [0.1, 0.15) is 31.0 Å². The SMILES string of the molecule is CCc1[nH]c2nc(SC3=CCC=C4CC=CC=NC4=C3)nc(Oc3ccc(OC)c(C#N)c3)c2c1O. The van der Waals surface area contributed by atoms with Crippen LogP contribution in [0.2, 0.25) is 0 Å². The predicted octanol–water partition coefficient (Wildman–Crippen LogP) is 6.12. The first-order chi connectivity index (χ1) is 17.6. The van der Waals surface area contributed by atoms with Gasteiger partial charge in [-0.2, -0.15) is 10.2 Å². The molecule has 9 heteroatoms. The van der Waals surface area contributed by atoms with Gasteiger partial charge in [0.15, 0.2) is 10.9 Å². The third-order valence-electron chi connectivity index (χ3n) is 5.78. The lowest BCUT2D eigenvalue weighted by Gasteiger charge is -2.10. The molecule has 0 fully saturated rings. The molecule has 0 bridgehead atoms. The van der Waals surface area contributed by atoms with Gasteiger partial charge < -0.3 is 19.6 Å². The summed E-state index contributed by atoms with van der Waals surface area (Å²) in [6.07, 6.45) is 14.4. The van der Waals surface area contributed by atoms with E-state index in [0.717, 1.165) is 23.4 Å². The van der Waals surface area contributed by atoms with Crippen molar-refractivity contribution in [3.05, 3.63) is 76.0 Å². The fourth-order valence-corrected chi connectivity index (χ4v) is 4.80. The second-order valence-electron chi connectivity index (χ2n) is 8.03. The molecule has 0 radical (unpaired) electrons. The largest absolute Gasteiger partial charge is 0.505 e. The summed E-state index contributed by atoms with van der Waals surface area (Å²) in [5, 5.41) is 21.1. The molecule has 2 aliphatic rings. The molecular weight excluding hydrogens is 474 g/mol. The molecule has 3 aromatic rings. The smallest absolute Gasteiger partial charge is 0.236 e. The highest BCUT2D eigenvalue weighted by molar-refractivity contribution is 8.03. The standard InChI is InChI=1S/C27H23N5O3S/c1-3-20-24(33)23-25(30-20)31-27(32-26(23)35-18-10-11-22(34-2)17(13-18)15-28)36-19-9-6-8-16-7-4-5-12-29-21(16)14-19/h4-5,8-14,33H,3,6-7H2,1-2H3,(H,30,31,32). The lowest BCUT2D eigenvalue weighted by Crippen LogP contribution is -1.96. The summed E-state index contributed by atoms with van der Waals surface area (Å²) in [4.78, 5) is 18.0. The van der Waals surface area contributed by atoms with Crippen molar-refractivity contribution in [2.75, 3.05) is 7.11 Å². The van der Waals surface area contributed by atoms with Gasteiger partial charge in [0.05, 0.1) is 24.1 Å². The first-order valence-electron chi connectivity index (χ1n) is 11.5. The fourth-order valence-electron chi connectivity index (χ4n) is 3.97. The molecule has 0 saturated carbocycles. The number of H-pyrrole nitrogens is 1. The minimum atomic E-state index is 0.0537. The van der Waals surface area contributed by atoms with Gasteiger partial charge in [-0.1, -0.05) is 25.2 Å². The van der Waals surface area contributed by atoms with Crippen LogP contribution in [0.15, 0.2) is 74.9 Å². The van der Waals surface area contributed by atoms with Gasteiger partial charge in [0.1, 0.15) is 28.6 Å². The number of fused-ring (bicyclic) bond motifs is 2. The topological polar surface area (TPSA) is 116 Å². The van der Waals surface area contributed by atoms with Gasteiger partial charge in [0.2, 0.25) is 5.88 Å². The molecule has 1 aliphatic carbocycles. The van der Waals surface area contributed by atoms with Crippen molar-refractivity contribution in [1.29, 1.82) is 5.26 Å². The number of aromatic nitrogens is 3. The predicted molar refractivity (Wildman–Crippen MR) is 140 cm³/mol. The Morgan fingerprint density at radius 3 is 2.94 bits per heavy atom. The number of hydrogen-bond acceptors (Lipinski definition) is 8. The van der Waals surface area contributed by atoms with E-state index >= 15 is 0 Å². The Labute approximate surface area is 212 Å². The van der Waals surface area contributed by atoms with Crippen molar-refractivity contribution >= 4 is 29.0 Å². The number of aliphatic imine (C=N–C) groups is 1. The average Bonchev–Trinajstić information content (AvgIpc) is 3.00. The Kier molecular flexibility index (Phi) is 6.60. The number of aryl methyl sites for hydroxylation is 1. The van der Waals surface area contributed by atoms with Crippen LogP contribution in [-0.4, -0.2) is 33.4 Å². The highest BCUT2D eigenvalue weighted by atomic mass is 32.2. The van der Waals surface area contributed by atoms with Crippen molar-refractivity contribution in [3.8, 4) is 29.2 Å². The third-order valence-corrected chi connectivity index (χ3v) is 6.67. The van der Waals surface area contributed by atoms with Crippen molar-refractivity contribution in [2.45, 2.75) is 31.3 Å². The Hall–Kier alpha value is -4.29. The molecular formula is C27H23N5O3S. The van der Waals surface area contributed by atoms with Crippen molar-refractivity contribution in [1.82, 2.24) is 15.0 Å². The lowest BCUT2D eigenvalue weighted by molar-refractivity contribution is 0.410. The first kappa shape index (κ1) is 23.5. The maximum atomic E-state index is 10.8. The monoisotopic (exact) mass is 497 g/mol. The van der Waals surface area contributed by atoms with E-state index in [9.17, 15) is 10.4 Å². The molecule has 2 aromatic heterocycles. The number of nitrogens with zero attached hydrogens (tertiary/aromatic N) is 4. The third kappa shape index (κ3) is 4.63. The van der Waals surface area contributed by atoms with Crippen LogP contribution in [0, 0.1) is 11.3 Å². The minimum Gasteiger partial charge on any atom is -0.505 e. The van der Waals surface area contributed by atoms with E-state index in [0.29, 0.717) is 45.4 Å². The summed E-state index contributed by atoms with van der Waals surface area (Å²) >= 11 is 1.40. The quantitative estimate of drug-likeness (QED) is 0.394. The number of nitriles is 1. The zero-order valence-corrected chi connectivity index (χ0v) is 20.6. The second-order valence-corrected chi connectivity index (χ2v) is 9.07. The molecule has 8 nitrogen and oxygen atoms in total. The number of allylic oxidation sites excluding steroid dienone is 6. The zero-order chi connectivity index (χ0) is 25.1. The van der Waals surface area contributed by atoms with Gasteiger partial charge >= 0.3 is 0 Å². The number of hydrogen-bond donors (Lipinski definition) is 2. The van der Waals surface area contributed by atoms with E-state index in [1.54, 1.807) is 24.4 Å². The van der Waals surface area contributed by atoms with E-state index in [4.69, 9.17) is 9.47 Å². The van der Waals surface area contributed by atoms with Gasteiger partial charge in [-0.3, -0.25) is 4.99 Å². The summed E-state index contributed by atoms with van der Waals surface area (Å²) in [7, 11) is 1.51. The Morgan fingerprint density at radius 1 is 1.25 bits per heavy atom. The molecule has 1 aliphatic heterocycles. The molecule has 3 heterocycles. The number of thioether (sulfide) groups is 1. The maximum Gasteiger partial charge on any atom is 0.236 e. The van der Waals surface area contributed by atoms with Gasteiger partial charge in [-0.05, 0) is 60.9 Å². The molecule has 0 saturated heterocycles. The maximum absolute atomic E-state index is 10.8. The molecule has 1 aromatic carbocycles. The van der Waals surface area contributed by atoms with Gasteiger partial charge in [-0.25, -0.2) is 4.98 Å². The molecule has 0 spiro atoms. The van der Waals surface area contributed by atoms with Crippen LogP contribution in [0.4, 0.5) is 0 Å². The van der Waals surface area contributed by atoms with Crippen molar-refractivity contribution in [2.24, 2.45) is 4.99 Å². The van der Waals surface area contributed by atoms with Crippen LogP contribution in [0.25, 0.3) is 11.0 Å². The Balaban J connectivity index is 1.54. The summed E-state index contributed by atoms with van der Waals surface area (Å²) in [5.41, 5.74) is 3.55. The zero-order valence-electron chi connectivity index (χ0n) is 19.8. The van der Waals surface area contributed by atoms with Gasteiger partial charge in [0.25, 0.3) is 0 Å². The van der Waals surface area contributed by atoms with E-state index in [-0.39, 0.29) is 11.6 Å². The number of aromatic hydroxyl groups is 1. The van der Waals surface area contributed by atoms with E-state index in [2.05, 4.69) is 44.2 Å². The number of rotatable bonds is 6. The molecule has 2 N–H and O–H groups in total. The molecule has 5 rings (SSSR count). The molecule has 0 amide bonds. The second kappa shape index (κ2) is 10.1.